The number of aliphatic hydroxyl groups excluding tert-OH is 3. The Labute approximate surface area is 344 Å². The van der Waals surface area contributed by atoms with Crippen LogP contribution in [0.15, 0.2) is 12.2 Å². The molecule has 9 heteroatoms. The number of carbonyl (C=O) groups is 2. The Kier molecular flexibility index (Phi) is 17.5. The fraction of sp³-hybridized carbons (Fsp3) is 0.875. The maximum Gasteiger partial charge on any atom is 0.150 e. The third-order valence-electron chi connectivity index (χ3n) is 16.1. The molecule has 0 bridgehead atoms. The molecule has 0 spiro atoms. The van der Waals surface area contributed by atoms with Gasteiger partial charge in [0.1, 0.15) is 23.7 Å². The number of allylic oxidation sites excluding steroid dienone is 2. The molecular formula is C48H81N3O6+2. The van der Waals surface area contributed by atoms with Crippen LogP contribution in [0.2, 0.25) is 0 Å². The van der Waals surface area contributed by atoms with Gasteiger partial charge in [-0.1, -0.05) is 63.0 Å². The third-order valence-corrected chi connectivity index (χ3v) is 16.1. The Hall–Kier alpha value is -1.64. The predicted molar refractivity (Wildman–Crippen MR) is 223 cm³/mol. The highest BCUT2D eigenvalue weighted by Gasteiger charge is 2.42. The van der Waals surface area contributed by atoms with Gasteiger partial charge < -0.3 is 30.7 Å². The van der Waals surface area contributed by atoms with Gasteiger partial charge >= 0.3 is 0 Å². The fourth-order valence-electron chi connectivity index (χ4n) is 12.5. The maximum atomic E-state index is 13.8. The van der Waals surface area contributed by atoms with Crippen molar-refractivity contribution in [1.29, 1.82) is 0 Å². The number of fused-ring (bicyclic) bond motifs is 2. The molecule has 4 aliphatic carbocycles. The Morgan fingerprint density at radius 1 is 0.912 bits per heavy atom. The largest absolute Gasteiger partial charge is 0.393 e. The van der Waals surface area contributed by atoms with Gasteiger partial charge in [0.2, 0.25) is 0 Å². The van der Waals surface area contributed by atoms with E-state index >= 15 is 0 Å². The lowest BCUT2D eigenvalue weighted by molar-refractivity contribution is -0.711. The van der Waals surface area contributed by atoms with E-state index in [1.165, 1.54) is 38.5 Å². The number of ketones is 2. The zero-order valence-electron chi connectivity index (χ0n) is 35.7. The number of ether oxygens (including phenoxy) is 1. The maximum absolute atomic E-state index is 13.8. The number of nitrogens with two attached hydrogens (primary N) is 3. The monoisotopic (exact) mass is 796 g/mol. The summed E-state index contributed by atoms with van der Waals surface area (Å²) in [5, 5.41) is 39.2. The molecule has 6 rings (SSSR count). The molecule has 15 atom stereocenters. The average molecular weight is 796 g/mol. The van der Waals surface area contributed by atoms with Crippen LogP contribution in [0.4, 0.5) is 0 Å². The van der Waals surface area contributed by atoms with Gasteiger partial charge in [0.25, 0.3) is 0 Å². The van der Waals surface area contributed by atoms with Gasteiger partial charge in [0, 0.05) is 50.0 Å². The van der Waals surface area contributed by atoms with Crippen molar-refractivity contribution in [1.82, 2.24) is 0 Å². The van der Waals surface area contributed by atoms with Gasteiger partial charge in [-0.15, -0.1) is 0 Å². The summed E-state index contributed by atoms with van der Waals surface area (Å²) in [6.45, 7) is 4.43. The summed E-state index contributed by atoms with van der Waals surface area (Å²) < 4.78 is 5.71. The van der Waals surface area contributed by atoms with Gasteiger partial charge in [-0.3, -0.25) is 15.3 Å². The molecule has 6 aliphatic rings. The van der Waals surface area contributed by atoms with E-state index in [0.29, 0.717) is 86.4 Å². The van der Waals surface area contributed by atoms with E-state index in [9.17, 15) is 24.9 Å². The molecule has 0 amide bonds. The van der Waals surface area contributed by atoms with Crippen LogP contribution < -0.4 is 16.4 Å². The number of Topliss-reactive ketones (excluding diaryl/α,β-unsaturated/α-hetero) is 2. The van der Waals surface area contributed by atoms with E-state index in [4.69, 9.17) is 10.5 Å². The number of rotatable bonds is 16. The number of hydrogen-bond donors (Lipinski definition) is 6. The summed E-state index contributed by atoms with van der Waals surface area (Å²) in [6.07, 6.45) is 23.3. The second-order valence-electron chi connectivity index (χ2n) is 19.9. The predicted octanol–water partition coefficient (Wildman–Crippen LogP) is 4.41. The highest BCUT2D eigenvalue weighted by molar-refractivity contribution is 5.84. The quantitative estimate of drug-likeness (QED) is 0.0767. The van der Waals surface area contributed by atoms with Gasteiger partial charge in [0.05, 0.1) is 50.0 Å². The lowest BCUT2D eigenvalue weighted by Gasteiger charge is -2.41. The van der Waals surface area contributed by atoms with Crippen molar-refractivity contribution in [2.75, 3.05) is 20.2 Å². The Bertz CT molecular complexity index is 1360. The topological polar surface area (TPSA) is 163 Å². The van der Waals surface area contributed by atoms with Gasteiger partial charge in [-0.25, -0.2) is 0 Å². The van der Waals surface area contributed by atoms with Crippen molar-refractivity contribution in [3.05, 3.63) is 12.2 Å². The highest BCUT2D eigenvalue weighted by atomic mass is 16.5. The molecule has 9 N–H and O–H groups in total. The van der Waals surface area contributed by atoms with Crippen LogP contribution in [-0.2, 0) is 14.3 Å². The summed E-state index contributed by atoms with van der Waals surface area (Å²) in [4.78, 5) is 25.7. The summed E-state index contributed by atoms with van der Waals surface area (Å²) in [7, 11) is 1.66. The second kappa shape index (κ2) is 22.3. The summed E-state index contributed by atoms with van der Waals surface area (Å²) in [5.41, 5.74) is 6.53. The summed E-state index contributed by atoms with van der Waals surface area (Å²) in [5.74, 6) is 10.2. The van der Waals surface area contributed by atoms with E-state index < -0.39 is 24.2 Å². The first-order valence-corrected chi connectivity index (χ1v) is 23.8. The van der Waals surface area contributed by atoms with Crippen molar-refractivity contribution in [3.8, 4) is 11.8 Å². The van der Waals surface area contributed by atoms with E-state index in [-0.39, 0.29) is 41.7 Å². The van der Waals surface area contributed by atoms with Crippen molar-refractivity contribution >= 4 is 11.6 Å². The van der Waals surface area contributed by atoms with Crippen molar-refractivity contribution in [3.63, 3.8) is 0 Å². The van der Waals surface area contributed by atoms with Gasteiger partial charge in [-0.05, 0) is 113 Å². The molecule has 2 heterocycles. The molecule has 0 radical (unpaired) electrons. The van der Waals surface area contributed by atoms with E-state index in [1.54, 1.807) is 7.11 Å². The first kappa shape index (κ1) is 44.9. The van der Waals surface area contributed by atoms with Crippen LogP contribution in [-0.4, -0.2) is 83.7 Å². The summed E-state index contributed by atoms with van der Waals surface area (Å²) in [6, 6.07) is 0.482. The molecule has 57 heavy (non-hydrogen) atoms. The number of hydrogen-bond acceptors (Lipinski definition) is 7. The Morgan fingerprint density at radius 2 is 1.72 bits per heavy atom. The molecular weight excluding hydrogens is 715 g/mol. The highest BCUT2D eigenvalue weighted by Crippen LogP contribution is 2.43. The fourth-order valence-corrected chi connectivity index (χ4v) is 12.5. The number of quaternary nitrogens is 2. The van der Waals surface area contributed by atoms with Crippen molar-refractivity contribution in [2.45, 2.75) is 185 Å². The van der Waals surface area contributed by atoms with E-state index in [2.05, 4.69) is 41.6 Å². The lowest BCUT2D eigenvalue weighted by atomic mass is 9.67. The second-order valence-corrected chi connectivity index (χ2v) is 19.9. The molecule has 5 fully saturated rings. The number of piperidine rings is 2. The number of unbranched alkanes of at least 4 members (excludes halogenated alkanes) is 1. The third kappa shape index (κ3) is 12.7. The minimum atomic E-state index is -0.789. The van der Waals surface area contributed by atoms with Crippen LogP contribution in [0.1, 0.15) is 148 Å². The van der Waals surface area contributed by atoms with Gasteiger partial charge in [0.15, 0.2) is 0 Å². The van der Waals surface area contributed by atoms with Crippen LogP contribution in [0.5, 0.6) is 0 Å². The first-order chi connectivity index (χ1) is 27.6. The Balaban J connectivity index is 1.09. The first-order valence-electron chi connectivity index (χ1n) is 23.8. The van der Waals surface area contributed by atoms with Gasteiger partial charge in [-0.2, -0.15) is 0 Å². The average Bonchev–Trinajstić information content (AvgIpc) is 3.27. The molecule has 7 unspecified atom stereocenters. The standard InChI is InChI=1S/C48H79N3O6/c1-3-33-30-51-48(49)28-42(33)35(14-13-31-9-5-4-6-10-31)24-38(52)19-15-34-17-21-40(45(55)22-18-36-25-47(57-2)46(56)27-41(34)36)44(54)12-8-7-11-32-23-37-16-20-39(53)26-43(37)50-29-32/h13-14,31-38,40-44,46-48,50-52,54,56H,3-12,15-16,18-20,22-30,49H2,1-2H3/p+2/t32-,33?,34+,35-,36?,37+,38-,40-,41?,42?,43-,44-,46?,47?,48?/m1/s1. The normalized spacial score (nSPS) is 38.5. The molecule has 0 aromatic heterocycles. The molecule has 2 saturated heterocycles. The number of carbonyl (C=O) groups excluding carboxylic acids is 2. The zero-order valence-corrected chi connectivity index (χ0v) is 35.7. The minimum absolute atomic E-state index is 0.0373. The SMILES string of the molecule is CCC1C[NH2+]C(N)CC1[C@H](C=CC1CCCCC1)C[C@H](O)CC[C@H]1C#C[C@H]([C@H](O)CCCC[C@H]2C[NH2+][C@@H]3CC(=O)CC[C@H]3C2)C(=O)CCC2CC(OC)C(O)CC21. The van der Waals surface area contributed by atoms with Crippen LogP contribution >= 0.6 is 0 Å². The molecule has 0 aromatic carbocycles. The van der Waals surface area contributed by atoms with Crippen molar-refractivity contribution in [2.24, 2.45) is 64.9 Å². The lowest BCUT2D eigenvalue weighted by Crippen LogP contribution is -2.96. The molecule has 9 nitrogen and oxygen atoms in total. The minimum Gasteiger partial charge on any atom is -0.393 e. The number of methoxy groups -OCH3 is 1. The van der Waals surface area contributed by atoms with Crippen LogP contribution in [0.3, 0.4) is 0 Å². The van der Waals surface area contributed by atoms with Crippen LogP contribution in [0, 0.1) is 71.0 Å². The molecule has 322 valence electrons. The molecule has 2 aliphatic heterocycles. The molecule has 0 aromatic rings. The van der Waals surface area contributed by atoms with E-state index in [0.717, 1.165) is 70.9 Å². The summed E-state index contributed by atoms with van der Waals surface area (Å²) >= 11 is 0. The van der Waals surface area contributed by atoms with E-state index in [1.807, 2.05) is 0 Å². The zero-order chi connectivity index (χ0) is 40.3. The Morgan fingerprint density at radius 3 is 2.51 bits per heavy atom. The van der Waals surface area contributed by atoms with Crippen LogP contribution in [0.25, 0.3) is 0 Å². The number of aliphatic hydroxyl groups is 3. The molecule has 3 saturated carbocycles. The smallest absolute Gasteiger partial charge is 0.150 e. The van der Waals surface area contributed by atoms with Crippen molar-refractivity contribution < 1.29 is 40.3 Å².